The fraction of sp³-hybridized carbons (Fsp3) is 0.474. The summed E-state index contributed by atoms with van der Waals surface area (Å²) >= 11 is 1.46. The lowest BCUT2D eigenvalue weighted by molar-refractivity contribution is -0.133. The number of nitrogens with one attached hydrogen (secondary N) is 1. The molecule has 1 aromatic heterocycles. The third kappa shape index (κ3) is 4.64. The highest BCUT2D eigenvalue weighted by Crippen LogP contribution is 2.25. The van der Waals surface area contributed by atoms with Crippen LogP contribution >= 0.6 is 11.3 Å². The van der Waals surface area contributed by atoms with E-state index >= 15 is 0 Å². The number of carbonyl (C=O) groups excluding carboxylic acids is 1. The largest absolute Gasteiger partial charge is 0.339 e. The fourth-order valence-electron chi connectivity index (χ4n) is 3.27. The Hall–Kier alpha value is -1.79. The Morgan fingerprint density at radius 1 is 1.40 bits per heavy atom. The van der Waals surface area contributed by atoms with E-state index in [1.807, 2.05) is 16.3 Å². The number of hydrogen-bond donors (Lipinski definition) is 1. The maximum Gasteiger partial charge on any atom is 0.228 e. The van der Waals surface area contributed by atoms with Crippen molar-refractivity contribution < 1.29 is 9.18 Å². The van der Waals surface area contributed by atoms with Crippen molar-refractivity contribution >= 4 is 17.2 Å². The van der Waals surface area contributed by atoms with Crippen molar-refractivity contribution in [2.24, 2.45) is 0 Å². The zero-order valence-electron chi connectivity index (χ0n) is 14.5. The molecule has 1 aliphatic rings. The van der Waals surface area contributed by atoms with Gasteiger partial charge in [0.1, 0.15) is 10.8 Å². The molecule has 3 rings (SSSR count). The first-order valence-electron chi connectivity index (χ1n) is 8.88. The van der Waals surface area contributed by atoms with E-state index in [1.54, 1.807) is 6.07 Å². The molecule has 2 heterocycles. The minimum atomic E-state index is -0.273. The predicted molar refractivity (Wildman–Crippen MR) is 99.1 cm³/mol. The summed E-state index contributed by atoms with van der Waals surface area (Å²) in [5.41, 5.74) is 1.52. The summed E-state index contributed by atoms with van der Waals surface area (Å²) in [4.78, 5) is 19.4. The van der Waals surface area contributed by atoms with Crippen molar-refractivity contribution in [1.29, 1.82) is 0 Å². The highest BCUT2D eigenvalue weighted by atomic mass is 32.1. The lowest BCUT2D eigenvalue weighted by Crippen LogP contribution is -2.47. The topological polar surface area (TPSA) is 45.2 Å². The molecule has 1 amide bonds. The first kappa shape index (κ1) is 18.0. The van der Waals surface area contributed by atoms with Gasteiger partial charge in [-0.3, -0.25) is 4.79 Å². The summed E-state index contributed by atoms with van der Waals surface area (Å²) in [6, 6.07) is 6.74. The zero-order chi connectivity index (χ0) is 17.6. The van der Waals surface area contributed by atoms with Gasteiger partial charge in [0.2, 0.25) is 5.91 Å². The number of benzene rings is 1. The van der Waals surface area contributed by atoms with Gasteiger partial charge in [-0.15, -0.1) is 11.3 Å². The molecule has 1 N–H and O–H groups in total. The van der Waals surface area contributed by atoms with Crippen LogP contribution in [0.1, 0.15) is 31.9 Å². The van der Waals surface area contributed by atoms with Gasteiger partial charge in [-0.1, -0.05) is 19.1 Å². The van der Waals surface area contributed by atoms with E-state index in [-0.39, 0.29) is 11.7 Å². The van der Waals surface area contributed by atoms with E-state index < -0.39 is 0 Å². The van der Waals surface area contributed by atoms with Crippen molar-refractivity contribution in [1.82, 2.24) is 15.2 Å². The third-order valence-corrected chi connectivity index (χ3v) is 5.43. The van der Waals surface area contributed by atoms with Gasteiger partial charge in [0, 0.05) is 23.5 Å². The Balaban J connectivity index is 1.69. The number of piperidine rings is 1. The van der Waals surface area contributed by atoms with Crippen molar-refractivity contribution in [3.8, 4) is 10.6 Å². The lowest BCUT2D eigenvalue weighted by atomic mass is 10.0. The summed E-state index contributed by atoms with van der Waals surface area (Å²) in [7, 11) is 0. The first-order chi connectivity index (χ1) is 12.2. The molecule has 1 aromatic carbocycles. The van der Waals surface area contributed by atoms with Gasteiger partial charge in [0.25, 0.3) is 0 Å². The van der Waals surface area contributed by atoms with Crippen LogP contribution in [-0.2, 0) is 11.2 Å². The Morgan fingerprint density at radius 3 is 2.92 bits per heavy atom. The van der Waals surface area contributed by atoms with E-state index in [0.29, 0.717) is 12.5 Å². The summed E-state index contributed by atoms with van der Waals surface area (Å²) in [5.74, 6) is -0.129. The highest BCUT2D eigenvalue weighted by molar-refractivity contribution is 7.13. The summed E-state index contributed by atoms with van der Waals surface area (Å²) in [6.07, 6.45) is 3.30. The standard InChI is InChI=1S/C19H24FN3OS/c1-2-10-23(17-6-8-21-9-7-17)18(24)12-16-13-25-19(22-16)14-4-3-5-15(20)11-14/h3-5,11,13,17,21H,2,6-10,12H2,1H3. The molecular weight excluding hydrogens is 337 g/mol. The minimum Gasteiger partial charge on any atom is -0.339 e. The van der Waals surface area contributed by atoms with Crippen LogP contribution in [0.4, 0.5) is 4.39 Å². The minimum absolute atomic E-state index is 0.143. The summed E-state index contributed by atoms with van der Waals surface area (Å²) < 4.78 is 13.4. The first-order valence-corrected chi connectivity index (χ1v) is 9.76. The van der Waals surface area contributed by atoms with E-state index in [9.17, 15) is 9.18 Å². The number of amides is 1. The molecule has 0 radical (unpaired) electrons. The average molecular weight is 361 g/mol. The predicted octanol–water partition coefficient (Wildman–Crippen LogP) is 3.48. The van der Waals surface area contributed by atoms with E-state index in [2.05, 4.69) is 17.2 Å². The van der Waals surface area contributed by atoms with Gasteiger partial charge in [-0.25, -0.2) is 9.37 Å². The van der Waals surface area contributed by atoms with Crippen molar-refractivity contribution in [2.75, 3.05) is 19.6 Å². The van der Waals surface area contributed by atoms with Crippen LogP contribution in [-0.4, -0.2) is 41.5 Å². The fourth-order valence-corrected chi connectivity index (χ4v) is 4.09. The maximum absolute atomic E-state index is 13.4. The second-order valence-corrected chi connectivity index (χ2v) is 7.26. The summed E-state index contributed by atoms with van der Waals surface area (Å²) in [6.45, 7) is 4.84. The van der Waals surface area contributed by atoms with Crippen LogP contribution in [0.15, 0.2) is 29.6 Å². The van der Waals surface area contributed by atoms with Crippen LogP contribution in [0.25, 0.3) is 10.6 Å². The Morgan fingerprint density at radius 2 is 2.20 bits per heavy atom. The number of carbonyl (C=O) groups is 1. The van der Waals surface area contributed by atoms with Gasteiger partial charge in [0.05, 0.1) is 12.1 Å². The van der Waals surface area contributed by atoms with Gasteiger partial charge < -0.3 is 10.2 Å². The van der Waals surface area contributed by atoms with E-state index in [0.717, 1.165) is 55.2 Å². The second kappa shape index (κ2) is 8.54. The maximum atomic E-state index is 13.4. The molecule has 0 saturated carbocycles. The number of aromatic nitrogens is 1. The second-order valence-electron chi connectivity index (χ2n) is 6.40. The SMILES string of the molecule is CCCN(C(=O)Cc1csc(-c2cccc(F)c2)n1)C1CCNCC1. The van der Waals surface area contributed by atoms with Crippen molar-refractivity contribution in [3.63, 3.8) is 0 Å². The quantitative estimate of drug-likeness (QED) is 0.857. The number of nitrogens with zero attached hydrogens (tertiary/aromatic N) is 2. The zero-order valence-corrected chi connectivity index (χ0v) is 15.3. The molecule has 0 unspecified atom stereocenters. The molecule has 4 nitrogen and oxygen atoms in total. The monoisotopic (exact) mass is 361 g/mol. The molecule has 6 heteroatoms. The highest BCUT2D eigenvalue weighted by Gasteiger charge is 2.25. The molecule has 0 aliphatic carbocycles. The smallest absolute Gasteiger partial charge is 0.228 e. The Kier molecular flexibility index (Phi) is 6.15. The van der Waals surface area contributed by atoms with Crippen molar-refractivity contribution in [3.05, 3.63) is 41.2 Å². The van der Waals surface area contributed by atoms with E-state index in [1.165, 1.54) is 23.5 Å². The number of thiazole rings is 1. The van der Waals surface area contributed by atoms with Gasteiger partial charge in [-0.2, -0.15) is 0 Å². The molecule has 1 aliphatic heterocycles. The molecule has 2 aromatic rings. The van der Waals surface area contributed by atoms with Crippen LogP contribution in [0.5, 0.6) is 0 Å². The number of rotatable bonds is 6. The van der Waals surface area contributed by atoms with E-state index in [4.69, 9.17) is 0 Å². The van der Waals surface area contributed by atoms with Crippen molar-refractivity contribution in [2.45, 2.75) is 38.6 Å². The molecule has 1 saturated heterocycles. The molecule has 134 valence electrons. The third-order valence-electron chi connectivity index (χ3n) is 4.49. The van der Waals surface area contributed by atoms with Crippen LogP contribution < -0.4 is 5.32 Å². The molecule has 25 heavy (non-hydrogen) atoms. The van der Waals surface area contributed by atoms with Crippen LogP contribution in [0.3, 0.4) is 0 Å². The molecular formula is C19H24FN3OS. The van der Waals surface area contributed by atoms with Crippen LogP contribution in [0, 0.1) is 5.82 Å². The number of hydrogen-bond acceptors (Lipinski definition) is 4. The average Bonchev–Trinajstić information content (AvgIpc) is 3.09. The lowest BCUT2D eigenvalue weighted by Gasteiger charge is -2.34. The molecule has 0 bridgehead atoms. The molecule has 1 fully saturated rings. The summed E-state index contributed by atoms with van der Waals surface area (Å²) in [5, 5.41) is 6.01. The van der Waals surface area contributed by atoms with Crippen LogP contribution in [0.2, 0.25) is 0 Å². The Bertz CT molecular complexity index is 712. The number of halogens is 1. The normalized spacial score (nSPS) is 15.3. The van der Waals surface area contributed by atoms with Gasteiger partial charge in [0.15, 0.2) is 0 Å². The van der Waals surface area contributed by atoms with Gasteiger partial charge in [-0.05, 0) is 44.5 Å². The molecule has 0 spiro atoms. The molecule has 0 atom stereocenters. The Labute approximate surface area is 152 Å². The van der Waals surface area contributed by atoms with Gasteiger partial charge >= 0.3 is 0 Å².